The maximum atomic E-state index is 12.2. The fourth-order valence-electron chi connectivity index (χ4n) is 1.71. The van der Waals surface area contributed by atoms with Crippen molar-refractivity contribution in [2.75, 3.05) is 0 Å². The lowest BCUT2D eigenvalue weighted by molar-refractivity contribution is -0.274. The molecule has 4 nitrogen and oxygen atoms in total. The lowest BCUT2D eigenvalue weighted by atomic mass is 10.2. The van der Waals surface area contributed by atoms with Crippen LogP contribution in [-0.4, -0.2) is 22.4 Å². The van der Waals surface area contributed by atoms with E-state index in [1.54, 1.807) is 13.0 Å². The number of carboxylic acid groups (broad SMARTS) is 1. The van der Waals surface area contributed by atoms with Crippen LogP contribution in [0.5, 0.6) is 5.75 Å². The van der Waals surface area contributed by atoms with Gasteiger partial charge in [-0.2, -0.15) is 0 Å². The van der Waals surface area contributed by atoms with Crippen LogP contribution in [0.25, 0.3) is 10.6 Å². The van der Waals surface area contributed by atoms with E-state index in [4.69, 9.17) is 5.11 Å². The summed E-state index contributed by atoms with van der Waals surface area (Å²) in [4.78, 5) is 15.6. The molecule has 0 saturated heterocycles. The van der Waals surface area contributed by atoms with Gasteiger partial charge in [0, 0.05) is 10.4 Å². The van der Waals surface area contributed by atoms with Crippen LogP contribution in [0.3, 0.4) is 0 Å². The summed E-state index contributed by atoms with van der Waals surface area (Å²) in [5.41, 5.74) is 0.309. The second kappa shape index (κ2) is 5.72. The lowest BCUT2D eigenvalue weighted by Gasteiger charge is -2.09. The fourth-order valence-corrected chi connectivity index (χ4v) is 2.70. The second-order valence-corrected chi connectivity index (χ2v) is 5.11. The van der Waals surface area contributed by atoms with Crippen molar-refractivity contribution in [1.29, 1.82) is 0 Å². The zero-order chi connectivity index (χ0) is 15.6. The van der Waals surface area contributed by atoms with Gasteiger partial charge >= 0.3 is 12.3 Å². The SMILES string of the molecule is CCc1sc(-c2cccc(OC(F)(F)F)c2)nc1C(=O)O. The predicted molar refractivity (Wildman–Crippen MR) is 70.6 cm³/mol. The third-order valence-electron chi connectivity index (χ3n) is 2.54. The van der Waals surface area contributed by atoms with E-state index in [1.165, 1.54) is 18.2 Å². The van der Waals surface area contributed by atoms with Gasteiger partial charge in [0.15, 0.2) is 5.69 Å². The Labute approximate surface area is 121 Å². The van der Waals surface area contributed by atoms with E-state index in [1.807, 2.05) is 0 Å². The molecule has 2 rings (SSSR count). The van der Waals surface area contributed by atoms with Gasteiger partial charge < -0.3 is 9.84 Å². The van der Waals surface area contributed by atoms with Gasteiger partial charge in [-0.25, -0.2) is 9.78 Å². The molecule has 1 N–H and O–H groups in total. The van der Waals surface area contributed by atoms with Gasteiger partial charge in [0.05, 0.1) is 0 Å². The Balaban J connectivity index is 2.38. The maximum absolute atomic E-state index is 12.2. The van der Waals surface area contributed by atoms with Gasteiger partial charge in [0.25, 0.3) is 0 Å². The van der Waals surface area contributed by atoms with E-state index in [0.717, 1.165) is 11.3 Å². The number of benzene rings is 1. The number of aryl methyl sites for hydroxylation is 1. The molecule has 0 aliphatic rings. The molecule has 112 valence electrons. The van der Waals surface area contributed by atoms with Crippen LogP contribution < -0.4 is 4.74 Å². The molecule has 2 aromatic rings. The fraction of sp³-hybridized carbons (Fsp3) is 0.231. The van der Waals surface area contributed by atoms with Crippen LogP contribution in [0.2, 0.25) is 0 Å². The van der Waals surface area contributed by atoms with Gasteiger partial charge in [-0.1, -0.05) is 19.1 Å². The molecule has 8 heteroatoms. The average molecular weight is 317 g/mol. The number of aromatic carboxylic acids is 1. The van der Waals surface area contributed by atoms with E-state index in [2.05, 4.69) is 9.72 Å². The van der Waals surface area contributed by atoms with Crippen molar-refractivity contribution in [3.8, 4) is 16.3 Å². The third-order valence-corrected chi connectivity index (χ3v) is 3.78. The largest absolute Gasteiger partial charge is 0.573 e. The summed E-state index contributed by atoms with van der Waals surface area (Å²) >= 11 is 1.14. The number of ether oxygens (including phenoxy) is 1. The number of thiazole rings is 1. The number of carbonyl (C=O) groups is 1. The second-order valence-electron chi connectivity index (χ2n) is 4.03. The zero-order valence-electron chi connectivity index (χ0n) is 10.8. The number of hydrogen-bond acceptors (Lipinski definition) is 4. The number of halogens is 3. The highest BCUT2D eigenvalue weighted by molar-refractivity contribution is 7.15. The monoisotopic (exact) mass is 317 g/mol. The van der Waals surface area contributed by atoms with Gasteiger partial charge in [0.1, 0.15) is 10.8 Å². The molecule has 1 aromatic carbocycles. The summed E-state index contributed by atoms with van der Waals surface area (Å²) < 4.78 is 40.4. The summed E-state index contributed by atoms with van der Waals surface area (Å²) in [6, 6.07) is 5.29. The molecule has 0 aliphatic heterocycles. The minimum absolute atomic E-state index is 0.0698. The Bertz CT molecular complexity index is 667. The van der Waals surface area contributed by atoms with Crippen LogP contribution in [0.4, 0.5) is 13.2 Å². The van der Waals surface area contributed by atoms with Crippen molar-refractivity contribution in [3.63, 3.8) is 0 Å². The predicted octanol–water partition coefficient (Wildman–Crippen LogP) is 3.97. The van der Waals surface area contributed by atoms with E-state index in [0.29, 0.717) is 21.9 Å². The quantitative estimate of drug-likeness (QED) is 0.927. The Morgan fingerprint density at radius 2 is 2.14 bits per heavy atom. The smallest absolute Gasteiger partial charge is 0.476 e. The van der Waals surface area contributed by atoms with Crippen molar-refractivity contribution in [1.82, 2.24) is 4.98 Å². The van der Waals surface area contributed by atoms with Gasteiger partial charge in [0.2, 0.25) is 0 Å². The number of aromatic nitrogens is 1. The summed E-state index contributed by atoms with van der Waals surface area (Å²) in [7, 11) is 0. The molecule has 21 heavy (non-hydrogen) atoms. The van der Waals surface area contributed by atoms with Crippen LogP contribution in [-0.2, 0) is 6.42 Å². The maximum Gasteiger partial charge on any atom is 0.573 e. The van der Waals surface area contributed by atoms with Crippen molar-refractivity contribution >= 4 is 17.3 Å². The molecule has 1 aromatic heterocycles. The minimum Gasteiger partial charge on any atom is -0.476 e. The molecule has 0 spiro atoms. The van der Waals surface area contributed by atoms with Crippen molar-refractivity contribution in [2.45, 2.75) is 19.7 Å². The number of carboxylic acids is 1. The topological polar surface area (TPSA) is 59.4 Å². The molecule has 0 bridgehead atoms. The first-order valence-corrected chi connectivity index (χ1v) is 6.71. The summed E-state index contributed by atoms with van der Waals surface area (Å²) in [5.74, 6) is -1.53. The van der Waals surface area contributed by atoms with Crippen molar-refractivity contribution < 1.29 is 27.8 Å². The summed E-state index contributed by atoms with van der Waals surface area (Å²) in [6.45, 7) is 1.78. The van der Waals surface area contributed by atoms with Gasteiger partial charge in [-0.05, 0) is 18.6 Å². The van der Waals surface area contributed by atoms with Crippen LogP contribution in [0.15, 0.2) is 24.3 Å². The normalized spacial score (nSPS) is 11.4. The zero-order valence-corrected chi connectivity index (χ0v) is 11.6. The van der Waals surface area contributed by atoms with E-state index in [9.17, 15) is 18.0 Å². The first kappa shape index (κ1) is 15.3. The number of alkyl halides is 3. The lowest BCUT2D eigenvalue weighted by Crippen LogP contribution is -2.17. The summed E-state index contributed by atoms with van der Waals surface area (Å²) in [5, 5.41) is 9.38. The highest BCUT2D eigenvalue weighted by atomic mass is 32.1. The molecule has 0 aliphatic carbocycles. The van der Waals surface area contributed by atoms with Crippen molar-refractivity contribution in [3.05, 3.63) is 34.8 Å². The number of rotatable bonds is 4. The highest BCUT2D eigenvalue weighted by Gasteiger charge is 2.31. The number of hydrogen-bond donors (Lipinski definition) is 1. The Morgan fingerprint density at radius 3 is 2.67 bits per heavy atom. The Hall–Kier alpha value is -2.09. The van der Waals surface area contributed by atoms with Crippen LogP contribution in [0, 0.1) is 0 Å². The molecule has 0 saturated carbocycles. The third kappa shape index (κ3) is 3.72. The Morgan fingerprint density at radius 1 is 1.43 bits per heavy atom. The molecule has 0 atom stereocenters. The number of nitrogens with zero attached hydrogens (tertiary/aromatic N) is 1. The molecule has 0 radical (unpaired) electrons. The molecule has 0 fully saturated rings. The molecular formula is C13H10F3NO3S. The van der Waals surface area contributed by atoms with Crippen LogP contribution in [0.1, 0.15) is 22.3 Å². The van der Waals surface area contributed by atoms with Gasteiger partial charge in [-0.3, -0.25) is 0 Å². The van der Waals surface area contributed by atoms with Crippen molar-refractivity contribution in [2.24, 2.45) is 0 Å². The summed E-state index contributed by atoms with van der Waals surface area (Å²) in [6.07, 6.45) is -4.29. The minimum atomic E-state index is -4.78. The van der Waals surface area contributed by atoms with Crippen LogP contribution >= 0.6 is 11.3 Å². The van der Waals surface area contributed by atoms with E-state index >= 15 is 0 Å². The van der Waals surface area contributed by atoms with E-state index < -0.39 is 12.3 Å². The van der Waals surface area contributed by atoms with Gasteiger partial charge in [-0.15, -0.1) is 24.5 Å². The molecular weight excluding hydrogens is 307 g/mol. The first-order chi connectivity index (χ1) is 9.80. The molecule has 0 amide bonds. The first-order valence-electron chi connectivity index (χ1n) is 5.89. The molecule has 0 unspecified atom stereocenters. The molecule has 1 heterocycles. The average Bonchev–Trinajstić information content (AvgIpc) is 2.81. The van der Waals surface area contributed by atoms with E-state index in [-0.39, 0.29) is 11.4 Å². The highest BCUT2D eigenvalue weighted by Crippen LogP contribution is 2.32. The standard InChI is InChI=1S/C13H10F3NO3S/c1-2-9-10(12(18)19)17-11(21-9)7-4-3-5-8(6-7)20-13(14,15)16/h3-6H,2H2,1H3,(H,18,19). The Kier molecular flexibility index (Phi) is 4.17.